The van der Waals surface area contributed by atoms with Crippen LogP contribution in [0.5, 0.6) is 0 Å². The maximum Gasteiger partial charge on any atom is 0.0992 e. The first-order valence-corrected chi connectivity index (χ1v) is 6.15. The van der Waals surface area contributed by atoms with Crippen LogP contribution in [0, 0.1) is 11.3 Å². The van der Waals surface area contributed by atoms with Gasteiger partial charge in [0.2, 0.25) is 0 Å². The minimum atomic E-state index is -0.211. The summed E-state index contributed by atoms with van der Waals surface area (Å²) in [6.45, 7) is 4.82. The lowest BCUT2D eigenvalue weighted by Gasteiger charge is -2.27. The van der Waals surface area contributed by atoms with E-state index in [0.29, 0.717) is 17.1 Å². The Balaban J connectivity index is 2.74. The molecule has 17 heavy (non-hydrogen) atoms. The summed E-state index contributed by atoms with van der Waals surface area (Å²) in [7, 11) is 0. The first-order chi connectivity index (χ1) is 8.04. The average Bonchev–Trinajstić information content (AvgIpc) is 2.36. The van der Waals surface area contributed by atoms with E-state index < -0.39 is 0 Å². The second kappa shape index (κ2) is 5.90. The lowest BCUT2D eigenvalue weighted by atomic mass is 9.94. The quantitative estimate of drug-likeness (QED) is 0.845. The van der Waals surface area contributed by atoms with Gasteiger partial charge < -0.3 is 11.1 Å². The molecule has 92 valence electrons. The van der Waals surface area contributed by atoms with E-state index in [4.69, 9.17) is 22.6 Å². The topological polar surface area (TPSA) is 61.8 Å². The highest BCUT2D eigenvalue weighted by Crippen LogP contribution is 2.24. The summed E-state index contributed by atoms with van der Waals surface area (Å²) in [4.78, 5) is 0. The van der Waals surface area contributed by atoms with Crippen LogP contribution in [-0.4, -0.2) is 12.1 Å². The molecule has 3 nitrogen and oxygen atoms in total. The second-order valence-corrected chi connectivity index (χ2v) is 4.64. The normalized spacial score (nSPS) is 11.0. The second-order valence-electron chi connectivity index (χ2n) is 4.23. The van der Waals surface area contributed by atoms with Gasteiger partial charge in [-0.2, -0.15) is 5.26 Å². The Bertz CT molecular complexity index is 419. The number of hydrogen-bond acceptors (Lipinski definition) is 3. The molecule has 0 saturated carbocycles. The number of nitriles is 1. The number of hydrogen-bond donors (Lipinski definition) is 2. The standard InChI is InChI=1S/C13H18ClN3/c1-3-13(16,4-2)9-17-12-6-5-10(8-15)7-11(12)14/h5-7,17H,3-4,9,16H2,1-2H3. The smallest absolute Gasteiger partial charge is 0.0992 e. The van der Waals surface area contributed by atoms with Crippen LogP contribution in [-0.2, 0) is 0 Å². The molecule has 0 heterocycles. The van der Waals surface area contributed by atoms with Crippen LogP contribution < -0.4 is 11.1 Å². The van der Waals surface area contributed by atoms with Crippen LogP contribution in [0.15, 0.2) is 18.2 Å². The third-order valence-electron chi connectivity index (χ3n) is 3.14. The molecule has 4 heteroatoms. The molecule has 0 spiro atoms. The van der Waals surface area contributed by atoms with E-state index in [1.807, 2.05) is 6.07 Å². The van der Waals surface area contributed by atoms with E-state index in [0.717, 1.165) is 18.5 Å². The summed E-state index contributed by atoms with van der Waals surface area (Å²) in [6, 6.07) is 7.26. The zero-order chi connectivity index (χ0) is 12.9. The highest BCUT2D eigenvalue weighted by atomic mass is 35.5. The lowest BCUT2D eigenvalue weighted by Crippen LogP contribution is -2.45. The molecule has 0 atom stereocenters. The number of nitrogens with one attached hydrogen (secondary N) is 1. The Hall–Kier alpha value is -1.24. The van der Waals surface area contributed by atoms with Crippen molar-refractivity contribution in [2.24, 2.45) is 5.73 Å². The third-order valence-corrected chi connectivity index (χ3v) is 3.45. The number of anilines is 1. The van der Waals surface area contributed by atoms with Gasteiger partial charge in [-0.05, 0) is 31.0 Å². The number of halogens is 1. The Morgan fingerprint density at radius 2 is 2.06 bits per heavy atom. The first-order valence-electron chi connectivity index (χ1n) is 5.77. The zero-order valence-electron chi connectivity index (χ0n) is 10.3. The molecular weight excluding hydrogens is 234 g/mol. The molecule has 1 aromatic carbocycles. The van der Waals surface area contributed by atoms with E-state index in [-0.39, 0.29) is 5.54 Å². The molecule has 0 amide bonds. The van der Waals surface area contributed by atoms with Crippen LogP contribution >= 0.6 is 11.6 Å². The van der Waals surface area contributed by atoms with Crippen molar-refractivity contribution < 1.29 is 0 Å². The molecule has 0 fully saturated rings. The molecule has 0 saturated heterocycles. The molecule has 1 rings (SSSR count). The molecule has 3 N–H and O–H groups in total. The van der Waals surface area contributed by atoms with Crippen molar-refractivity contribution in [3.05, 3.63) is 28.8 Å². The Labute approximate surface area is 108 Å². The van der Waals surface area contributed by atoms with Crippen molar-refractivity contribution >= 4 is 17.3 Å². The number of nitrogens with zero attached hydrogens (tertiary/aromatic N) is 1. The van der Waals surface area contributed by atoms with Gasteiger partial charge in [0.15, 0.2) is 0 Å². The third kappa shape index (κ3) is 3.62. The predicted molar refractivity (Wildman–Crippen MR) is 72.2 cm³/mol. The van der Waals surface area contributed by atoms with Gasteiger partial charge in [0.05, 0.1) is 22.3 Å². The van der Waals surface area contributed by atoms with Crippen molar-refractivity contribution in [1.82, 2.24) is 0 Å². The number of nitrogens with two attached hydrogens (primary N) is 1. The van der Waals surface area contributed by atoms with Gasteiger partial charge in [-0.1, -0.05) is 25.4 Å². The maximum atomic E-state index is 8.74. The van der Waals surface area contributed by atoms with Crippen LogP contribution in [0.1, 0.15) is 32.3 Å². The van der Waals surface area contributed by atoms with E-state index in [1.165, 1.54) is 0 Å². The van der Waals surface area contributed by atoms with E-state index in [9.17, 15) is 0 Å². The van der Waals surface area contributed by atoms with Crippen molar-refractivity contribution in [2.75, 3.05) is 11.9 Å². The zero-order valence-corrected chi connectivity index (χ0v) is 11.0. The Kier molecular flexibility index (Phi) is 4.80. The van der Waals surface area contributed by atoms with Crippen molar-refractivity contribution in [3.63, 3.8) is 0 Å². The van der Waals surface area contributed by atoms with Gasteiger partial charge in [-0.15, -0.1) is 0 Å². The highest BCUT2D eigenvalue weighted by Gasteiger charge is 2.19. The van der Waals surface area contributed by atoms with E-state index in [2.05, 4.69) is 25.2 Å². The predicted octanol–water partition coefficient (Wildman–Crippen LogP) is 3.14. The first kappa shape index (κ1) is 13.8. The van der Waals surface area contributed by atoms with E-state index in [1.54, 1.807) is 12.1 Å². The minimum Gasteiger partial charge on any atom is -0.382 e. The van der Waals surface area contributed by atoms with Crippen molar-refractivity contribution in [2.45, 2.75) is 32.2 Å². The number of rotatable bonds is 5. The summed E-state index contributed by atoms with van der Waals surface area (Å²) in [6.07, 6.45) is 1.81. The summed E-state index contributed by atoms with van der Waals surface area (Å²) in [5.41, 5.74) is 7.36. The van der Waals surface area contributed by atoms with Gasteiger partial charge in [-0.3, -0.25) is 0 Å². The molecule has 0 unspecified atom stereocenters. The van der Waals surface area contributed by atoms with Crippen molar-refractivity contribution in [1.29, 1.82) is 5.26 Å². The summed E-state index contributed by atoms with van der Waals surface area (Å²) in [5, 5.41) is 12.5. The monoisotopic (exact) mass is 251 g/mol. The van der Waals surface area contributed by atoms with Gasteiger partial charge in [0.25, 0.3) is 0 Å². The van der Waals surface area contributed by atoms with Crippen LogP contribution in [0.2, 0.25) is 5.02 Å². The van der Waals surface area contributed by atoms with Crippen LogP contribution in [0.4, 0.5) is 5.69 Å². The van der Waals surface area contributed by atoms with Crippen molar-refractivity contribution in [3.8, 4) is 6.07 Å². The summed E-state index contributed by atoms with van der Waals surface area (Å²) < 4.78 is 0. The molecular formula is C13H18ClN3. The van der Waals surface area contributed by atoms with Crippen LogP contribution in [0.25, 0.3) is 0 Å². The molecule has 0 aliphatic rings. The fourth-order valence-electron chi connectivity index (χ4n) is 1.50. The summed E-state index contributed by atoms with van der Waals surface area (Å²) in [5.74, 6) is 0. The molecule has 0 aliphatic heterocycles. The summed E-state index contributed by atoms with van der Waals surface area (Å²) >= 11 is 6.07. The molecule has 0 aliphatic carbocycles. The Morgan fingerprint density at radius 3 is 2.53 bits per heavy atom. The molecule has 0 aromatic heterocycles. The molecule has 0 radical (unpaired) electrons. The molecule has 0 bridgehead atoms. The van der Waals surface area contributed by atoms with E-state index >= 15 is 0 Å². The van der Waals surface area contributed by atoms with Crippen LogP contribution in [0.3, 0.4) is 0 Å². The van der Waals surface area contributed by atoms with Gasteiger partial charge in [-0.25, -0.2) is 0 Å². The highest BCUT2D eigenvalue weighted by molar-refractivity contribution is 6.33. The fourth-order valence-corrected chi connectivity index (χ4v) is 1.75. The SMILES string of the molecule is CCC(N)(CC)CNc1ccc(C#N)cc1Cl. The fraction of sp³-hybridized carbons (Fsp3) is 0.462. The minimum absolute atomic E-state index is 0.211. The Morgan fingerprint density at radius 1 is 1.41 bits per heavy atom. The van der Waals surface area contributed by atoms with Gasteiger partial charge in [0.1, 0.15) is 0 Å². The average molecular weight is 252 g/mol. The lowest BCUT2D eigenvalue weighted by molar-refractivity contribution is 0.418. The van der Waals surface area contributed by atoms with Gasteiger partial charge >= 0.3 is 0 Å². The number of benzene rings is 1. The largest absolute Gasteiger partial charge is 0.382 e. The molecule has 1 aromatic rings. The van der Waals surface area contributed by atoms with Gasteiger partial charge in [0, 0.05) is 12.1 Å². The maximum absolute atomic E-state index is 8.74.